The normalized spacial score (nSPS) is 13.9. The van der Waals surface area contributed by atoms with Crippen LogP contribution in [0.25, 0.3) is 0 Å². The highest BCUT2D eigenvalue weighted by Gasteiger charge is 2.38. The van der Waals surface area contributed by atoms with E-state index >= 15 is 0 Å². The van der Waals surface area contributed by atoms with Crippen molar-refractivity contribution >= 4 is 17.6 Å². The van der Waals surface area contributed by atoms with E-state index < -0.39 is 11.0 Å². The van der Waals surface area contributed by atoms with E-state index in [1.165, 1.54) is 0 Å². The molecule has 0 radical (unpaired) electrons. The van der Waals surface area contributed by atoms with Gasteiger partial charge < -0.3 is 9.47 Å². The smallest absolute Gasteiger partial charge is 0.366 e. The topological polar surface area (TPSA) is 35.5 Å². The van der Waals surface area contributed by atoms with Gasteiger partial charge in [0, 0.05) is 6.42 Å². The number of halogens is 1. The molecule has 3 nitrogen and oxygen atoms in total. The van der Waals surface area contributed by atoms with Crippen LogP contribution in [0.2, 0.25) is 0 Å². The number of rotatable bonds is 5. The van der Waals surface area contributed by atoms with Gasteiger partial charge in [-0.3, -0.25) is 0 Å². The van der Waals surface area contributed by atoms with Crippen LogP contribution in [0.4, 0.5) is 0 Å². The fourth-order valence-electron chi connectivity index (χ4n) is 1.34. The number of para-hydroxylation sites is 1. The summed E-state index contributed by atoms with van der Waals surface area (Å²) in [6, 6.07) is 7.41. The molecule has 1 rings (SSSR count). The second-order valence-electron chi connectivity index (χ2n) is 3.67. The van der Waals surface area contributed by atoms with Crippen LogP contribution in [-0.2, 0) is 9.53 Å². The summed E-state index contributed by atoms with van der Waals surface area (Å²) in [7, 11) is 0. The number of hydrogen-bond acceptors (Lipinski definition) is 3. The van der Waals surface area contributed by atoms with E-state index in [9.17, 15) is 4.79 Å². The van der Waals surface area contributed by atoms with Gasteiger partial charge in [0.25, 0.3) is 5.06 Å². The van der Waals surface area contributed by atoms with Crippen LogP contribution < -0.4 is 4.74 Å². The highest BCUT2D eigenvalue weighted by atomic mass is 35.5. The Balaban J connectivity index is 2.89. The van der Waals surface area contributed by atoms with E-state index in [-0.39, 0.29) is 6.61 Å². The molecule has 0 aliphatic rings. The minimum atomic E-state index is -1.44. The van der Waals surface area contributed by atoms with Gasteiger partial charge in [-0.15, -0.1) is 0 Å². The molecule has 0 bridgehead atoms. The van der Waals surface area contributed by atoms with Gasteiger partial charge in [-0.1, -0.05) is 36.7 Å². The van der Waals surface area contributed by atoms with E-state index in [4.69, 9.17) is 21.1 Å². The fraction of sp³-hybridized carbons (Fsp3) is 0.462. The zero-order valence-corrected chi connectivity index (χ0v) is 11.1. The lowest BCUT2D eigenvalue weighted by Crippen LogP contribution is -2.40. The van der Waals surface area contributed by atoms with Crippen LogP contribution in [0.5, 0.6) is 5.75 Å². The zero-order chi connectivity index (χ0) is 12.9. The van der Waals surface area contributed by atoms with Crippen LogP contribution in [0.3, 0.4) is 0 Å². The Morgan fingerprint density at radius 2 is 2.00 bits per heavy atom. The Labute approximate surface area is 107 Å². The molecule has 0 fully saturated rings. The summed E-state index contributed by atoms with van der Waals surface area (Å²) in [5.41, 5.74) is 0.926. The van der Waals surface area contributed by atoms with Gasteiger partial charge >= 0.3 is 5.97 Å². The van der Waals surface area contributed by atoms with Gasteiger partial charge in [0.2, 0.25) is 0 Å². The Hall–Kier alpha value is -1.22. The maximum atomic E-state index is 11.7. The van der Waals surface area contributed by atoms with Crippen LogP contribution in [0.15, 0.2) is 24.3 Å². The Morgan fingerprint density at radius 1 is 1.35 bits per heavy atom. The average Bonchev–Trinajstić information content (AvgIpc) is 2.32. The summed E-state index contributed by atoms with van der Waals surface area (Å²) in [5, 5.41) is -1.44. The molecule has 0 heterocycles. The monoisotopic (exact) mass is 256 g/mol. The van der Waals surface area contributed by atoms with Crippen molar-refractivity contribution in [3.05, 3.63) is 29.8 Å². The van der Waals surface area contributed by atoms with Gasteiger partial charge in [-0.25, -0.2) is 4.79 Å². The van der Waals surface area contributed by atoms with Gasteiger partial charge in [0.1, 0.15) is 5.75 Å². The second kappa shape index (κ2) is 5.92. The molecular weight excluding hydrogens is 240 g/mol. The molecule has 4 heteroatoms. The first-order valence-electron chi connectivity index (χ1n) is 5.64. The first-order chi connectivity index (χ1) is 8.03. The zero-order valence-electron chi connectivity index (χ0n) is 10.3. The van der Waals surface area contributed by atoms with Crippen molar-refractivity contribution in [1.82, 2.24) is 0 Å². The first-order valence-corrected chi connectivity index (χ1v) is 6.02. The molecule has 1 aromatic rings. The maximum absolute atomic E-state index is 11.7. The van der Waals surface area contributed by atoms with Crippen molar-refractivity contribution in [2.45, 2.75) is 32.3 Å². The third kappa shape index (κ3) is 3.37. The molecule has 0 aliphatic heterocycles. The van der Waals surface area contributed by atoms with E-state index in [2.05, 4.69) is 0 Å². The summed E-state index contributed by atoms with van der Waals surface area (Å²) in [6.07, 6.45) is 0.335. The minimum Gasteiger partial charge on any atom is -0.462 e. The Kier molecular flexibility index (Phi) is 4.82. The molecule has 0 spiro atoms. The number of alkyl halides is 1. The van der Waals surface area contributed by atoms with E-state index in [0.29, 0.717) is 12.2 Å². The Morgan fingerprint density at radius 3 is 2.53 bits per heavy atom. The number of carbonyl (C=O) groups is 1. The van der Waals surface area contributed by atoms with E-state index in [1.807, 2.05) is 25.1 Å². The number of aryl methyl sites for hydroxylation is 1. The molecule has 0 aliphatic carbocycles. The highest BCUT2D eigenvalue weighted by Crippen LogP contribution is 2.29. The number of benzene rings is 1. The quantitative estimate of drug-likeness (QED) is 0.599. The van der Waals surface area contributed by atoms with Crippen molar-refractivity contribution in [2.75, 3.05) is 6.61 Å². The number of carbonyl (C=O) groups excluding carboxylic acids is 1. The lowest BCUT2D eigenvalue weighted by atomic mass is 10.2. The molecule has 1 atom stereocenters. The van der Waals surface area contributed by atoms with E-state index in [0.717, 1.165) is 5.56 Å². The first kappa shape index (κ1) is 13.8. The van der Waals surface area contributed by atoms with Gasteiger partial charge in [-0.2, -0.15) is 0 Å². The molecule has 94 valence electrons. The summed E-state index contributed by atoms with van der Waals surface area (Å²) in [5.74, 6) is 0.0461. The minimum absolute atomic E-state index is 0.282. The second-order valence-corrected chi connectivity index (χ2v) is 4.28. The lowest BCUT2D eigenvalue weighted by Gasteiger charge is -2.25. The Bertz CT molecular complexity index is 392. The van der Waals surface area contributed by atoms with Gasteiger partial charge in [-0.05, 0) is 25.5 Å². The van der Waals surface area contributed by atoms with Gasteiger partial charge in [0.15, 0.2) is 0 Å². The molecule has 0 N–H and O–H groups in total. The number of hydrogen-bond donors (Lipinski definition) is 0. The number of esters is 1. The molecule has 0 amide bonds. The van der Waals surface area contributed by atoms with Crippen molar-refractivity contribution in [2.24, 2.45) is 0 Å². The van der Waals surface area contributed by atoms with Crippen LogP contribution >= 0.6 is 11.6 Å². The van der Waals surface area contributed by atoms with Crippen molar-refractivity contribution in [3.63, 3.8) is 0 Å². The summed E-state index contributed by atoms with van der Waals surface area (Å²) in [6.45, 7) is 5.69. The molecule has 0 saturated carbocycles. The number of ether oxygens (including phenoxy) is 2. The third-order valence-corrected chi connectivity index (χ3v) is 2.90. The maximum Gasteiger partial charge on any atom is 0.366 e. The lowest BCUT2D eigenvalue weighted by molar-refractivity contribution is -0.154. The molecule has 0 aromatic heterocycles. The molecule has 1 aromatic carbocycles. The predicted molar refractivity (Wildman–Crippen MR) is 67.3 cm³/mol. The van der Waals surface area contributed by atoms with E-state index in [1.54, 1.807) is 19.9 Å². The van der Waals surface area contributed by atoms with Crippen LogP contribution in [0.1, 0.15) is 25.8 Å². The van der Waals surface area contributed by atoms with Crippen molar-refractivity contribution in [3.8, 4) is 5.75 Å². The van der Waals surface area contributed by atoms with Crippen molar-refractivity contribution in [1.29, 1.82) is 0 Å². The molecule has 17 heavy (non-hydrogen) atoms. The van der Waals surface area contributed by atoms with Gasteiger partial charge in [0.05, 0.1) is 6.61 Å². The standard InChI is InChI=1S/C13H17ClO3/c1-4-13(14,12(15)16-5-2)17-11-9-7-6-8-10(11)3/h6-9H,4-5H2,1-3H3. The van der Waals surface area contributed by atoms with Crippen LogP contribution in [0, 0.1) is 6.92 Å². The summed E-state index contributed by atoms with van der Waals surface area (Å²) < 4.78 is 10.5. The largest absolute Gasteiger partial charge is 0.462 e. The van der Waals surface area contributed by atoms with Crippen molar-refractivity contribution < 1.29 is 14.3 Å². The predicted octanol–water partition coefficient (Wildman–Crippen LogP) is 3.28. The SMILES string of the molecule is CCOC(=O)C(Cl)(CC)Oc1ccccc1C. The van der Waals surface area contributed by atoms with Crippen LogP contribution in [-0.4, -0.2) is 17.6 Å². The average molecular weight is 257 g/mol. The highest BCUT2D eigenvalue weighted by molar-refractivity contribution is 6.32. The fourth-order valence-corrected chi connectivity index (χ4v) is 1.48. The molecule has 1 unspecified atom stereocenters. The summed E-state index contributed by atoms with van der Waals surface area (Å²) in [4.78, 5) is 11.7. The molecule has 0 saturated heterocycles. The summed E-state index contributed by atoms with van der Waals surface area (Å²) >= 11 is 6.16. The third-order valence-electron chi connectivity index (χ3n) is 2.40. The molecular formula is C13H17ClO3.